The smallest absolute Gasteiger partial charge is 0.238 e. The van der Waals surface area contributed by atoms with Crippen molar-refractivity contribution in [3.05, 3.63) is 54.2 Å². The second-order valence-electron chi connectivity index (χ2n) is 4.00. The van der Waals surface area contributed by atoms with Crippen molar-refractivity contribution in [2.45, 2.75) is 6.92 Å². The van der Waals surface area contributed by atoms with E-state index in [4.69, 9.17) is 9.47 Å². The molecule has 0 amide bonds. The van der Waals surface area contributed by atoms with E-state index >= 15 is 0 Å². The largest absolute Gasteiger partial charge is 0.459 e. The van der Waals surface area contributed by atoms with E-state index in [0.717, 1.165) is 11.5 Å². The van der Waals surface area contributed by atoms with Crippen molar-refractivity contribution in [2.24, 2.45) is 0 Å². The Morgan fingerprint density at radius 1 is 1.33 bits per heavy atom. The second kappa shape index (κ2) is 4.44. The Morgan fingerprint density at radius 3 is 2.94 bits per heavy atom. The van der Waals surface area contributed by atoms with Gasteiger partial charge in [-0.25, -0.2) is 0 Å². The predicted octanol–water partition coefficient (Wildman–Crippen LogP) is 2.66. The molecule has 2 heterocycles. The van der Waals surface area contributed by atoms with Gasteiger partial charge in [-0.1, -0.05) is 12.1 Å². The lowest BCUT2D eigenvalue weighted by Gasteiger charge is -2.22. The van der Waals surface area contributed by atoms with Gasteiger partial charge in [0.1, 0.15) is 12.1 Å². The third-order valence-corrected chi connectivity index (χ3v) is 2.67. The number of rotatable bonds is 3. The molecule has 0 aliphatic carbocycles. The minimum absolute atomic E-state index is 0.242. The van der Waals surface area contributed by atoms with Crippen LogP contribution in [0.1, 0.15) is 5.56 Å². The van der Waals surface area contributed by atoms with Gasteiger partial charge < -0.3 is 9.47 Å². The summed E-state index contributed by atoms with van der Waals surface area (Å²) in [6.07, 6.45) is 3.30. The number of nitrogens with zero attached hydrogens (tertiary/aromatic N) is 2. The Labute approximate surface area is 105 Å². The summed E-state index contributed by atoms with van der Waals surface area (Å²) in [7, 11) is 0. The normalized spacial score (nSPS) is 13.7. The highest BCUT2D eigenvalue weighted by molar-refractivity contribution is 5.64. The molecule has 5 heteroatoms. The van der Waals surface area contributed by atoms with Crippen LogP contribution in [0.25, 0.3) is 0 Å². The number of benzene rings is 1. The van der Waals surface area contributed by atoms with Gasteiger partial charge in [0.15, 0.2) is 0 Å². The number of aryl methyl sites for hydroxylation is 1. The number of aromatic amines is 1. The van der Waals surface area contributed by atoms with E-state index in [2.05, 4.69) is 29.3 Å². The first-order valence-corrected chi connectivity index (χ1v) is 5.65. The van der Waals surface area contributed by atoms with Crippen molar-refractivity contribution in [1.82, 2.24) is 10.2 Å². The van der Waals surface area contributed by atoms with Crippen LogP contribution in [0.5, 0.6) is 0 Å². The molecule has 18 heavy (non-hydrogen) atoms. The van der Waals surface area contributed by atoms with Crippen LogP contribution in [0.4, 0.5) is 11.5 Å². The van der Waals surface area contributed by atoms with E-state index in [1.807, 2.05) is 23.1 Å². The molecule has 1 aliphatic rings. The Hall–Kier alpha value is -2.43. The minimum atomic E-state index is 0.242. The highest BCUT2D eigenvalue weighted by Crippen LogP contribution is 2.30. The van der Waals surface area contributed by atoms with Gasteiger partial charge in [-0.05, 0) is 24.6 Å². The molecule has 0 bridgehead atoms. The highest BCUT2D eigenvalue weighted by atomic mass is 16.7. The zero-order valence-corrected chi connectivity index (χ0v) is 9.96. The van der Waals surface area contributed by atoms with E-state index in [-0.39, 0.29) is 6.79 Å². The molecular weight excluding hydrogens is 230 g/mol. The summed E-state index contributed by atoms with van der Waals surface area (Å²) in [5.74, 6) is 1.47. The van der Waals surface area contributed by atoms with Crippen LogP contribution in [0.2, 0.25) is 0 Å². The zero-order valence-electron chi connectivity index (χ0n) is 9.96. The molecule has 0 fully saturated rings. The van der Waals surface area contributed by atoms with E-state index in [1.54, 1.807) is 12.5 Å². The minimum Gasteiger partial charge on any atom is -0.459 e. The van der Waals surface area contributed by atoms with Crippen molar-refractivity contribution in [2.75, 3.05) is 11.7 Å². The van der Waals surface area contributed by atoms with Gasteiger partial charge in [0.2, 0.25) is 12.7 Å². The maximum atomic E-state index is 5.45. The second-order valence-corrected chi connectivity index (χ2v) is 4.00. The van der Waals surface area contributed by atoms with Gasteiger partial charge in [0, 0.05) is 6.07 Å². The van der Waals surface area contributed by atoms with Gasteiger partial charge >= 0.3 is 0 Å². The molecule has 2 aromatic rings. The first-order chi connectivity index (χ1) is 8.84. The first kappa shape index (κ1) is 10.7. The molecule has 0 saturated carbocycles. The lowest BCUT2D eigenvalue weighted by atomic mass is 10.2. The molecule has 0 radical (unpaired) electrons. The fraction of sp³-hybridized carbons (Fsp3) is 0.154. The van der Waals surface area contributed by atoms with Gasteiger partial charge in [-0.3, -0.25) is 10.00 Å². The van der Waals surface area contributed by atoms with Gasteiger partial charge in [0.05, 0.1) is 11.9 Å². The standard InChI is InChI=1S/C13H13N3O2/c1-10-3-2-4-11(7-10)16(12-5-6-14-15-12)13-8-17-9-18-13/h2-8H,9H2,1H3,(H,14,15). The van der Waals surface area contributed by atoms with Crippen LogP contribution in [0.15, 0.2) is 48.7 Å². The van der Waals surface area contributed by atoms with Gasteiger partial charge in [-0.2, -0.15) is 5.10 Å². The number of H-pyrrole nitrogens is 1. The average Bonchev–Trinajstić information content (AvgIpc) is 3.02. The maximum Gasteiger partial charge on any atom is 0.238 e. The molecule has 0 saturated heterocycles. The van der Waals surface area contributed by atoms with E-state index in [1.165, 1.54) is 5.56 Å². The molecule has 0 atom stereocenters. The summed E-state index contributed by atoms with van der Waals surface area (Å²) in [5.41, 5.74) is 2.17. The summed E-state index contributed by atoms with van der Waals surface area (Å²) in [6, 6.07) is 10.0. The third-order valence-electron chi connectivity index (χ3n) is 2.67. The van der Waals surface area contributed by atoms with Crippen molar-refractivity contribution in [3.63, 3.8) is 0 Å². The van der Waals surface area contributed by atoms with Crippen molar-refractivity contribution < 1.29 is 9.47 Å². The van der Waals surface area contributed by atoms with E-state index < -0.39 is 0 Å². The van der Waals surface area contributed by atoms with Gasteiger partial charge in [0.25, 0.3) is 0 Å². The third kappa shape index (κ3) is 1.90. The summed E-state index contributed by atoms with van der Waals surface area (Å²) in [5, 5.41) is 6.90. The number of hydrogen-bond donors (Lipinski definition) is 1. The molecule has 1 aliphatic heterocycles. The van der Waals surface area contributed by atoms with Crippen molar-refractivity contribution in [1.29, 1.82) is 0 Å². The quantitative estimate of drug-likeness (QED) is 0.900. The topological polar surface area (TPSA) is 50.4 Å². The fourth-order valence-corrected chi connectivity index (χ4v) is 1.88. The van der Waals surface area contributed by atoms with Crippen LogP contribution in [-0.4, -0.2) is 17.0 Å². The van der Waals surface area contributed by atoms with Crippen LogP contribution < -0.4 is 4.90 Å². The van der Waals surface area contributed by atoms with Crippen LogP contribution in [-0.2, 0) is 9.47 Å². The summed E-state index contributed by atoms with van der Waals surface area (Å²) >= 11 is 0. The zero-order chi connectivity index (χ0) is 12.4. The van der Waals surface area contributed by atoms with Gasteiger partial charge in [-0.15, -0.1) is 0 Å². The number of hydrogen-bond acceptors (Lipinski definition) is 4. The SMILES string of the molecule is Cc1cccc(N(C2=COCO2)c2ccn[nH]2)c1. The Morgan fingerprint density at radius 2 is 2.28 bits per heavy atom. The average molecular weight is 243 g/mol. The summed E-state index contributed by atoms with van der Waals surface area (Å²) in [4.78, 5) is 1.92. The summed E-state index contributed by atoms with van der Waals surface area (Å²) < 4.78 is 10.6. The molecule has 3 rings (SSSR count). The Kier molecular flexibility index (Phi) is 2.64. The molecule has 1 aromatic heterocycles. The summed E-state index contributed by atoms with van der Waals surface area (Å²) in [6.45, 7) is 2.29. The molecule has 5 nitrogen and oxygen atoms in total. The Balaban J connectivity index is 2.05. The number of nitrogens with one attached hydrogen (secondary N) is 1. The molecular formula is C13H13N3O2. The lowest BCUT2D eigenvalue weighted by Crippen LogP contribution is -2.17. The van der Waals surface area contributed by atoms with Crippen LogP contribution in [0.3, 0.4) is 0 Å². The van der Waals surface area contributed by atoms with E-state index in [0.29, 0.717) is 5.88 Å². The van der Waals surface area contributed by atoms with Crippen molar-refractivity contribution in [3.8, 4) is 0 Å². The molecule has 1 aromatic carbocycles. The maximum absolute atomic E-state index is 5.45. The Bertz CT molecular complexity index is 563. The molecule has 92 valence electrons. The molecule has 0 unspecified atom stereocenters. The van der Waals surface area contributed by atoms with Crippen molar-refractivity contribution >= 4 is 11.5 Å². The van der Waals surface area contributed by atoms with Crippen LogP contribution >= 0.6 is 0 Å². The monoisotopic (exact) mass is 243 g/mol. The fourth-order valence-electron chi connectivity index (χ4n) is 1.88. The molecule has 1 N–H and O–H groups in total. The lowest BCUT2D eigenvalue weighted by molar-refractivity contribution is 0.0797. The first-order valence-electron chi connectivity index (χ1n) is 5.65. The molecule has 0 spiro atoms. The highest BCUT2D eigenvalue weighted by Gasteiger charge is 2.20. The van der Waals surface area contributed by atoms with Crippen LogP contribution in [0, 0.1) is 6.92 Å². The number of anilines is 2. The van der Waals surface area contributed by atoms with E-state index in [9.17, 15) is 0 Å². The predicted molar refractivity (Wildman–Crippen MR) is 67.0 cm³/mol. The number of aromatic nitrogens is 2. The number of ether oxygens (including phenoxy) is 2.